The first-order valence-electron chi connectivity index (χ1n) is 5.88. The molecule has 0 bridgehead atoms. The van der Waals surface area contributed by atoms with Gasteiger partial charge in [0, 0.05) is 0 Å². The molecule has 0 spiro atoms. The Morgan fingerprint density at radius 2 is 1.60 bits per heavy atom. The van der Waals surface area contributed by atoms with Crippen molar-refractivity contribution in [2.45, 2.75) is 45.6 Å². The van der Waals surface area contributed by atoms with E-state index in [0.29, 0.717) is 0 Å². The zero-order valence-electron chi connectivity index (χ0n) is 9.64. The summed E-state index contributed by atoms with van der Waals surface area (Å²) in [6.45, 7) is 4.53. The number of hydrogen-bond acceptors (Lipinski definition) is 1. The molecule has 0 fully saturated rings. The maximum absolute atomic E-state index is 3.55. The van der Waals surface area contributed by atoms with Crippen LogP contribution in [-0.4, -0.2) is 32.1 Å². The summed E-state index contributed by atoms with van der Waals surface area (Å²) in [5, 5.41) is 0. The van der Waals surface area contributed by atoms with Gasteiger partial charge in [-0.1, -0.05) is 0 Å². The van der Waals surface area contributed by atoms with Crippen LogP contribution in [0.4, 0.5) is 0 Å². The van der Waals surface area contributed by atoms with E-state index >= 15 is 0 Å². The normalized spacial score (nSPS) is 15.5. The molecule has 0 amide bonds. The molecule has 1 aliphatic carbocycles. The minimum atomic E-state index is 0.738. The quantitative estimate of drug-likeness (QED) is 0.776. The van der Waals surface area contributed by atoms with Crippen molar-refractivity contribution in [2.75, 3.05) is 0 Å². The van der Waals surface area contributed by atoms with E-state index in [0.717, 1.165) is 32.1 Å². The number of fused-ring (bicyclic) bond motifs is 1. The second-order valence-corrected chi connectivity index (χ2v) is 5.66. The molecule has 0 saturated heterocycles. The summed E-state index contributed by atoms with van der Waals surface area (Å²) in [6.07, 6.45) is 4.86. The molecular weight excluding hydrogens is 375 g/mol. The summed E-state index contributed by atoms with van der Waals surface area (Å²) < 4.78 is 3.55. The summed E-state index contributed by atoms with van der Waals surface area (Å²) in [5.41, 5.74) is 6.32. The topological polar surface area (TPSA) is 12.0 Å². The molecule has 0 radical (unpaired) electrons. The first-order chi connectivity index (χ1) is 7.28. The van der Waals surface area contributed by atoms with Crippen molar-refractivity contribution in [1.82, 2.24) is 3.13 Å². The molecule has 0 aliphatic heterocycles. The van der Waals surface area contributed by atoms with Crippen molar-refractivity contribution in [3.8, 4) is 0 Å². The Hall–Kier alpha value is 0.102. The van der Waals surface area contributed by atoms with Gasteiger partial charge < -0.3 is 0 Å². The van der Waals surface area contributed by atoms with Crippen LogP contribution >= 0.6 is 0 Å². The maximum atomic E-state index is 3.55. The van der Waals surface area contributed by atoms with Gasteiger partial charge in [-0.3, -0.25) is 0 Å². The predicted molar refractivity (Wildman–Crippen MR) is 65.3 cm³/mol. The zero-order chi connectivity index (χ0) is 10.8. The first kappa shape index (κ1) is 11.6. The van der Waals surface area contributed by atoms with Crippen LogP contribution in [0.2, 0.25) is 0 Å². The van der Waals surface area contributed by atoms with Gasteiger partial charge in [-0.2, -0.15) is 0 Å². The van der Waals surface area contributed by atoms with Crippen molar-refractivity contribution < 1.29 is 0 Å². The molecule has 0 atom stereocenters. The van der Waals surface area contributed by atoms with Gasteiger partial charge >= 0.3 is 109 Å². The van der Waals surface area contributed by atoms with Crippen LogP contribution in [0.3, 0.4) is 0 Å². The monoisotopic (exact) mass is 393 g/mol. The number of hydrogen-bond donors (Lipinski definition) is 1. The standard InChI is InChI=1S/C13H18N.Tl/c1-3-9-5-11-7-13(14)8-12(11)6-10(9)4-2;/h5-6,13-14H,3-4,7-8H2,1-2H3;/q-1;+1. The number of rotatable bonds is 3. The molecule has 1 aromatic rings. The van der Waals surface area contributed by atoms with Gasteiger partial charge in [0.1, 0.15) is 0 Å². The molecule has 0 saturated carbocycles. The Balaban J connectivity index is 2.35. The summed E-state index contributed by atoms with van der Waals surface area (Å²) in [5.74, 6) is 0. The third-order valence-electron chi connectivity index (χ3n) is 3.45. The molecule has 1 N–H and O–H groups in total. The summed E-state index contributed by atoms with van der Waals surface area (Å²) in [7, 11) is 0. The summed E-state index contributed by atoms with van der Waals surface area (Å²) in [6, 6.07) is 5.65. The SMILES string of the molecule is CCc1cc2c(cc1CC)CC([NH][Tl])C2. The molecule has 1 aliphatic rings. The minimum absolute atomic E-state index is 0.738. The number of aryl methyl sites for hydroxylation is 2. The van der Waals surface area contributed by atoms with Crippen LogP contribution in [-0.2, 0) is 25.7 Å². The molecule has 1 aromatic carbocycles. The van der Waals surface area contributed by atoms with Crippen LogP contribution in [0.5, 0.6) is 0 Å². The molecular formula is C13H18NTl. The van der Waals surface area contributed by atoms with Crippen molar-refractivity contribution in [1.29, 1.82) is 0 Å². The van der Waals surface area contributed by atoms with Crippen LogP contribution in [0.25, 0.3) is 0 Å². The van der Waals surface area contributed by atoms with E-state index in [2.05, 4.69) is 29.1 Å². The third kappa shape index (κ3) is 2.28. The second-order valence-electron chi connectivity index (χ2n) is 4.37. The zero-order valence-corrected chi connectivity index (χ0v) is 14.1. The van der Waals surface area contributed by atoms with Crippen LogP contribution in [0, 0.1) is 0 Å². The Labute approximate surface area is 109 Å². The molecule has 0 unspecified atom stereocenters. The molecule has 0 heterocycles. The predicted octanol–water partition coefficient (Wildman–Crippen LogP) is 1.95. The first-order valence-corrected chi connectivity index (χ1v) is 8.12. The van der Waals surface area contributed by atoms with Gasteiger partial charge in [-0.15, -0.1) is 0 Å². The van der Waals surface area contributed by atoms with Gasteiger partial charge in [0.25, 0.3) is 0 Å². The fourth-order valence-corrected chi connectivity index (χ4v) is 3.47. The van der Waals surface area contributed by atoms with E-state index in [4.69, 9.17) is 0 Å². The van der Waals surface area contributed by atoms with E-state index in [1.165, 1.54) is 25.7 Å². The number of benzene rings is 1. The number of nitrogens with one attached hydrogen (secondary N) is 1. The van der Waals surface area contributed by atoms with E-state index in [9.17, 15) is 0 Å². The summed E-state index contributed by atoms with van der Waals surface area (Å²) >= 11 is 0.922. The van der Waals surface area contributed by atoms with Crippen molar-refractivity contribution in [3.05, 3.63) is 34.4 Å². The van der Waals surface area contributed by atoms with Crippen molar-refractivity contribution >= 4 is 26.1 Å². The third-order valence-corrected chi connectivity index (χ3v) is 5.28. The van der Waals surface area contributed by atoms with E-state index < -0.39 is 0 Å². The van der Waals surface area contributed by atoms with Crippen molar-refractivity contribution in [2.24, 2.45) is 0 Å². The van der Waals surface area contributed by atoms with Gasteiger partial charge in [0.2, 0.25) is 0 Å². The van der Waals surface area contributed by atoms with Crippen LogP contribution in [0.1, 0.15) is 36.1 Å². The van der Waals surface area contributed by atoms with Crippen LogP contribution < -0.4 is 3.13 Å². The summed E-state index contributed by atoms with van der Waals surface area (Å²) in [4.78, 5) is 0. The molecule has 15 heavy (non-hydrogen) atoms. The van der Waals surface area contributed by atoms with Crippen LogP contribution in [0.15, 0.2) is 12.1 Å². The fourth-order valence-electron chi connectivity index (χ4n) is 2.55. The Bertz CT molecular complexity index is 327. The molecule has 1 nitrogen and oxygen atoms in total. The Kier molecular flexibility index (Phi) is 3.83. The van der Waals surface area contributed by atoms with Gasteiger partial charge in [-0.25, -0.2) is 0 Å². The Morgan fingerprint density at radius 3 is 1.93 bits per heavy atom. The molecule has 0 aromatic heterocycles. The fraction of sp³-hybridized carbons (Fsp3) is 0.538. The molecule has 2 rings (SSSR count). The van der Waals surface area contributed by atoms with Gasteiger partial charge in [0.15, 0.2) is 0 Å². The van der Waals surface area contributed by atoms with E-state index in [1.54, 1.807) is 22.3 Å². The average molecular weight is 393 g/mol. The molecule has 78 valence electrons. The van der Waals surface area contributed by atoms with E-state index in [-0.39, 0.29) is 0 Å². The Morgan fingerprint density at radius 1 is 1.13 bits per heavy atom. The molecule has 2 heteroatoms. The van der Waals surface area contributed by atoms with E-state index in [1.807, 2.05) is 0 Å². The average Bonchev–Trinajstić information content (AvgIpc) is 2.68. The van der Waals surface area contributed by atoms with Crippen molar-refractivity contribution in [3.63, 3.8) is 0 Å². The second kappa shape index (κ2) is 4.96. The van der Waals surface area contributed by atoms with Gasteiger partial charge in [0.05, 0.1) is 0 Å². The van der Waals surface area contributed by atoms with Gasteiger partial charge in [-0.05, 0) is 0 Å².